The highest BCUT2D eigenvalue weighted by molar-refractivity contribution is 7.86. The second-order valence-electron chi connectivity index (χ2n) is 8.10. The molecule has 1 N–H and O–H groups in total. The van der Waals surface area contributed by atoms with Gasteiger partial charge in [0, 0.05) is 52.7 Å². The maximum Gasteiger partial charge on any atom is 0.281 e. The zero-order chi connectivity index (χ0) is 19.1. The Morgan fingerprint density at radius 2 is 1.85 bits per heavy atom. The maximum atomic E-state index is 12.5. The molecule has 0 spiro atoms. The van der Waals surface area contributed by atoms with Crippen molar-refractivity contribution >= 4 is 10.2 Å². The summed E-state index contributed by atoms with van der Waals surface area (Å²) in [6.45, 7) is 7.43. The molecule has 0 bridgehead atoms. The zero-order valence-electron chi connectivity index (χ0n) is 16.3. The van der Waals surface area contributed by atoms with Crippen LogP contribution in [0, 0.1) is 19.8 Å². The van der Waals surface area contributed by atoms with Crippen molar-refractivity contribution in [3.63, 3.8) is 0 Å². The van der Waals surface area contributed by atoms with Gasteiger partial charge in [-0.25, -0.2) is 0 Å². The molecule has 26 heavy (non-hydrogen) atoms. The van der Waals surface area contributed by atoms with Gasteiger partial charge in [0.25, 0.3) is 10.2 Å². The van der Waals surface area contributed by atoms with Gasteiger partial charge in [-0.05, 0) is 43.4 Å². The molecule has 1 aromatic rings. The van der Waals surface area contributed by atoms with Crippen molar-refractivity contribution in [2.75, 3.05) is 40.3 Å². The van der Waals surface area contributed by atoms with Crippen molar-refractivity contribution in [2.24, 2.45) is 5.92 Å². The Morgan fingerprint density at radius 3 is 2.50 bits per heavy atom. The summed E-state index contributed by atoms with van der Waals surface area (Å²) in [4.78, 5) is 2.34. The third-order valence-electron chi connectivity index (χ3n) is 6.08. The Kier molecular flexibility index (Phi) is 5.48. The molecule has 3 rings (SSSR count). The second-order valence-corrected chi connectivity index (χ2v) is 10.2. The van der Waals surface area contributed by atoms with Gasteiger partial charge in [0.15, 0.2) is 0 Å². The van der Waals surface area contributed by atoms with Crippen LogP contribution < -0.4 is 0 Å². The van der Waals surface area contributed by atoms with Gasteiger partial charge in [0.1, 0.15) is 0 Å². The van der Waals surface area contributed by atoms with Gasteiger partial charge in [0.05, 0.1) is 5.60 Å². The first kappa shape index (κ1) is 19.8. The van der Waals surface area contributed by atoms with E-state index in [0.717, 1.165) is 19.6 Å². The fraction of sp³-hybridized carbons (Fsp3) is 0.684. The Bertz CT molecular complexity index is 765. The minimum absolute atomic E-state index is 0.0497. The van der Waals surface area contributed by atoms with E-state index in [1.165, 1.54) is 25.3 Å². The molecular formula is C19H31N3O3S. The molecule has 2 fully saturated rings. The van der Waals surface area contributed by atoms with Crippen LogP contribution in [0.3, 0.4) is 0 Å². The van der Waals surface area contributed by atoms with E-state index in [0.29, 0.717) is 25.9 Å². The van der Waals surface area contributed by atoms with Crippen LogP contribution >= 0.6 is 0 Å². The number of aliphatic hydroxyl groups is 1. The van der Waals surface area contributed by atoms with E-state index in [1.54, 1.807) is 14.1 Å². The van der Waals surface area contributed by atoms with Gasteiger partial charge in [-0.15, -0.1) is 0 Å². The number of benzene rings is 1. The Hall–Kier alpha value is -0.990. The molecule has 2 saturated heterocycles. The second kappa shape index (κ2) is 7.20. The minimum Gasteiger partial charge on any atom is -0.389 e. The SMILES string of the molecule is Cc1ccc(CN2CC[C@@]3(O)CCN(S(=O)(=O)N(C)C)C[C@H]3C2)cc1C. The molecule has 2 aliphatic heterocycles. The summed E-state index contributed by atoms with van der Waals surface area (Å²) in [6.07, 6.45) is 1.22. The lowest BCUT2D eigenvalue weighted by Gasteiger charge is -2.50. The molecule has 0 aliphatic carbocycles. The molecule has 2 aliphatic rings. The van der Waals surface area contributed by atoms with Crippen molar-refractivity contribution in [1.29, 1.82) is 0 Å². The number of hydrogen-bond acceptors (Lipinski definition) is 4. The van der Waals surface area contributed by atoms with Gasteiger partial charge in [0.2, 0.25) is 0 Å². The lowest BCUT2D eigenvalue weighted by atomic mass is 9.76. The van der Waals surface area contributed by atoms with Crippen LogP contribution in [0.5, 0.6) is 0 Å². The Balaban J connectivity index is 1.71. The third kappa shape index (κ3) is 3.82. The molecule has 0 radical (unpaired) electrons. The normalized spacial score (nSPS) is 28.3. The number of likely N-dealkylation sites (tertiary alicyclic amines) is 1. The fourth-order valence-corrected chi connectivity index (χ4v) is 5.24. The summed E-state index contributed by atoms with van der Waals surface area (Å²) >= 11 is 0. The molecular weight excluding hydrogens is 350 g/mol. The van der Waals surface area contributed by atoms with Crippen LogP contribution in [0.25, 0.3) is 0 Å². The molecule has 1 aromatic carbocycles. The smallest absolute Gasteiger partial charge is 0.281 e. The Morgan fingerprint density at radius 1 is 1.15 bits per heavy atom. The van der Waals surface area contributed by atoms with E-state index >= 15 is 0 Å². The van der Waals surface area contributed by atoms with Crippen LogP contribution in [-0.4, -0.2) is 72.9 Å². The molecule has 0 saturated carbocycles. The Labute approximate surface area is 157 Å². The number of piperidine rings is 2. The molecule has 2 heterocycles. The average molecular weight is 382 g/mol. The van der Waals surface area contributed by atoms with E-state index in [-0.39, 0.29) is 5.92 Å². The minimum atomic E-state index is -3.43. The van der Waals surface area contributed by atoms with Crippen molar-refractivity contribution in [3.05, 3.63) is 34.9 Å². The number of nitrogens with zero attached hydrogens (tertiary/aromatic N) is 3. The summed E-state index contributed by atoms with van der Waals surface area (Å²) < 4.78 is 27.7. The summed E-state index contributed by atoms with van der Waals surface area (Å²) in [6, 6.07) is 6.53. The van der Waals surface area contributed by atoms with Gasteiger partial charge in [-0.2, -0.15) is 17.0 Å². The lowest BCUT2D eigenvalue weighted by molar-refractivity contribution is -0.103. The standard InChI is InChI=1S/C19H31N3O3S/c1-15-5-6-17(11-16(15)2)12-21-9-7-19(23)8-10-22(14-18(19)13-21)26(24,25)20(3)4/h5-6,11,18,23H,7-10,12-14H2,1-4H3/t18-,19-/m1/s1. The number of rotatable bonds is 4. The van der Waals surface area contributed by atoms with Crippen LogP contribution in [-0.2, 0) is 16.8 Å². The van der Waals surface area contributed by atoms with Crippen molar-refractivity contribution in [3.8, 4) is 0 Å². The summed E-state index contributed by atoms with van der Waals surface area (Å²) in [5.74, 6) is -0.0497. The molecule has 146 valence electrons. The average Bonchev–Trinajstić information content (AvgIpc) is 2.58. The molecule has 0 amide bonds. The lowest BCUT2D eigenvalue weighted by Crippen LogP contribution is -2.61. The topological polar surface area (TPSA) is 64.1 Å². The van der Waals surface area contributed by atoms with Crippen LogP contribution in [0.15, 0.2) is 18.2 Å². The van der Waals surface area contributed by atoms with E-state index in [1.807, 2.05) is 0 Å². The van der Waals surface area contributed by atoms with Crippen molar-refractivity contribution in [1.82, 2.24) is 13.5 Å². The third-order valence-corrected chi connectivity index (χ3v) is 7.99. The maximum absolute atomic E-state index is 12.5. The monoisotopic (exact) mass is 381 g/mol. The molecule has 0 aromatic heterocycles. The van der Waals surface area contributed by atoms with Gasteiger partial charge in [-0.3, -0.25) is 4.90 Å². The largest absolute Gasteiger partial charge is 0.389 e. The van der Waals surface area contributed by atoms with E-state index in [9.17, 15) is 13.5 Å². The number of aryl methyl sites for hydroxylation is 2. The molecule has 2 atom stereocenters. The van der Waals surface area contributed by atoms with Crippen LogP contribution in [0.2, 0.25) is 0 Å². The van der Waals surface area contributed by atoms with Gasteiger partial charge < -0.3 is 5.11 Å². The quantitative estimate of drug-likeness (QED) is 0.856. The predicted molar refractivity (Wildman–Crippen MR) is 103 cm³/mol. The number of fused-ring (bicyclic) bond motifs is 1. The summed E-state index contributed by atoms with van der Waals surface area (Å²) in [5, 5.41) is 11.0. The highest BCUT2D eigenvalue weighted by Gasteiger charge is 2.47. The fourth-order valence-electron chi connectivity index (χ4n) is 4.09. The van der Waals surface area contributed by atoms with E-state index in [2.05, 4.69) is 36.9 Å². The molecule has 7 heteroatoms. The van der Waals surface area contributed by atoms with Gasteiger partial charge >= 0.3 is 0 Å². The zero-order valence-corrected chi connectivity index (χ0v) is 17.1. The van der Waals surface area contributed by atoms with Crippen LogP contribution in [0.4, 0.5) is 0 Å². The molecule has 6 nitrogen and oxygen atoms in total. The molecule has 0 unspecified atom stereocenters. The first-order chi connectivity index (χ1) is 12.1. The predicted octanol–water partition coefficient (Wildman–Crippen LogP) is 1.37. The summed E-state index contributed by atoms with van der Waals surface area (Å²) in [7, 11) is -0.310. The van der Waals surface area contributed by atoms with E-state index in [4.69, 9.17) is 0 Å². The van der Waals surface area contributed by atoms with E-state index < -0.39 is 15.8 Å². The van der Waals surface area contributed by atoms with Gasteiger partial charge in [-0.1, -0.05) is 18.2 Å². The van der Waals surface area contributed by atoms with Crippen molar-refractivity contribution in [2.45, 2.75) is 38.8 Å². The first-order valence-electron chi connectivity index (χ1n) is 9.30. The summed E-state index contributed by atoms with van der Waals surface area (Å²) in [5.41, 5.74) is 3.11. The van der Waals surface area contributed by atoms with Crippen molar-refractivity contribution < 1.29 is 13.5 Å². The number of hydrogen-bond donors (Lipinski definition) is 1. The van der Waals surface area contributed by atoms with Crippen LogP contribution in [0.1, 0.15) is 29.5 Å². The highest BCUT2D eigenvalue weighted by Crippen LogP contribution is 2.37. The highest BCUT2D eigenvalue weighted by atomic mass is 32.2. The first-order valence-corrected chi connectivity index (χ1v) is 10.7.